The van der Waals surface area contributed by atoms with Gasteiger partial charge in [-0.2, -0.15) is 0 Å². The van der Waals surface area contributed by atoms with Crippen molar-refractivity contribution < 1.29 is 17.9 Å². The summed E-state index contributed by atoms with van der Waals surface area (Å²) in [5.74, 6) is -0.508. The number of sulfonamides is 1. The van der Waals surface area contributed by atoms with E-state index in [1.54, 1.807) is 31.4 Å². The molecule has 1 amide bonds. The van der Waals surface area contributed by atoms with Crippen LogP contribution in [-0.2, 0) is 26.2 Å². The first kappa shape index (κ1) is 21.5. The third kappa shape index (κ3) is 5.59. The number of methoxy groups -OCH3 is 1. The summed E-state index contributed by atoms with van der Waals surface area (Å²) >= 11 is 12.1. The summed E-state index contributed by atoms with van der Waals surface area (Å²) in [6.45, 7) is 1.87. The molecule has 0 bridgehead atoms. The molecular formula is C18H20Cl2N2O4S. The highest BCUT2D eigenvalue weighted by Gasteiger charge is 2.30. The van der Waals surface area contributed by atoms with E-state index in [0.29, 0.717) is 17.3 Å². The maximum absolute atomic E-state index is 12.7. The summed E-state index contributed by atoms with van der Waals surface area (Å²) < 4.78 is 30.7. The fourth-order valence-electron chi connectivity index (χ4n) is 2.59. The van der Waals surface area contributed by atoms with Gasteiger partial charge in [-0.15, -0.1) is 0 Å². The summed E-state index contributed by atoms with van der Waals surface area (Å²) in [5.41, 5.74) is 1.55. The summed E-state index contributed by atoms with van der Waals surface area (Å²) in [4.78, 5) is 12.7. The highest BCUT2D eigenvalue weighted by molar-refractivity contribution is 7.92. The first-order chi connectivity index (χ1) is 12.6. The number of rotatable bonds is 7. The number of carbonyl (C=O) groups is 1. The number of ether oxygens (including phenoxy) is 1. The van der Waals surface area contributed by atoms with Crippen LogP contribution in [-0.4, -0.2) is 33.7 Å². The Balaban J connectivity index is 2.33. The number of halogens is 2. The lowest BCUT2D eigenvalue weighted by atomic mass is 10.2. The van der Waals surface area contributed by atoms with Crippen molar-refractivity contribution in [3.05, 3.63) is 58.1 Å². The average Bonchev–Trinajstić information content (AvgIpc) is 2.57. The standard InChI is InChI=1S/C18H20Cl2N2O4S/c1-12(18(23)21-15-6-4-5-13(9-15)11-26-2)22(27(3,24)25)17-10-14(19)7-8-16(17)20/h4-10,12H,11H2,1-3H3,(H,21,23)/t12-/m0/s1. The molecule has 9 heteroatoms. The van der Waals surface area contributed by atoms with Crippen LogP contribution in [0.15, 0.2) is 42.5 Å². The monoisotopic (exact) mass is 430 g/mol. The van der Waals surface area contributed by atoms with E-state index in [0.717, 1.165) is 16.1 Å². The topological polar surface area (TPSA) is 75.7 Å². The lowest BCUT2D eigenvalue weighted by Gasteiger charge is -2.29. The molecule has 2 aromatic rings. The van der Waals surface area contributed by atoms with Gasteiger partial charge in [-0.3, -0.25) is 9.10 Å². The van der Waals surface area contributed by atoms with Crippen molar-refractivity contribution in [2.75, 3.05) is 23.0 Å². The molecule has 1 N–H and O–H groups in total. The largest absolute Gasteiger partial charge is 0.380 e. The fraction of sp³-hybridized carbons (Fsp3) is 0.278. The first-order valence-electron chi connectivity index (χ1n) is 7.96. The van der Waals surface area contributed by atoms with Gasteiger partial charge in [0.2, 0.25) is 15.9 Å². The average molecular weight is 431 g/mol. The fourth-order valence-corrected chi connectivity index (χ4v) is 4.19. The van der Waals surface area contributed by atoms with Crippen molar-refractivity contribution >= 4 is 50.5 Å². The zero-order valence-corrected chi connectivity index (χ0v) is 17.4. The van der Waals surface area contributed by atoms with Crippen LogP contribution in [0.2, 0.25) is 10.0 Å². The number of nitrogens with zero attached hydrogens (tertiary/aromatic N) is 1. The normalized spacial score (nSPS) is 12.5. The molecule has 0 saturated carbocycles. The van der Waals surface area contributed by atoms with E-state index in [1.165, 1.54) is 19.1 Å². The molecule has 0 spiro atoms. The van der Waals surface area contributed by atoms with Crippen LogP contribution < -0.4 is 9.62 Å². The Labute approximate surface area is 169 Å². The predicted octanol–water partition coefficient (Wildman–Crippen LogP) is 3.93. The Morgan fingerprint density at radius 2 is 1.93 bits per heavy atom. The maximum Gasteiger partial charge on any atom is 0.247 e. The molecule has 0 saturated heterocycles. The number of hydrogen-bond donors (Lipinski definition) is 1. The van der Waals surface area contributed by atoms with Crippen molar-refractivity contribution in [1.29, 1.82) is 0 Å². The molecule has 0 aliphatic carbocycles. The first-order valence-corrected chi connectivity index (χ1v) is 10.6. The SMILES string of the molecule is COCc1cccc(NC(=O)[C@H](C)N(c2cc(Cl)ccc2Cl)S(C)(=O)=O)c1. The molecule has 0 heterocycles. The van der Waals surface area contributed by atoms with E-state index in [9.17, 15) is 13.2 Å². The highest BCUT2D eigenvalue weighted by atomic mass is 35.5. The van der Waals surface area contributed by atoms with Gasteiger partial charge in [0.25, 0.3) is 0 Å². The van der Waals surface area contributed by atoms with Gasteiger partial charge in [-0.1, -0.05) is 35.3 Å². The second-order valence-electron chi connectivity index (χ2n) is 5.95. The lowest BCUT2D eigenvalue weighted by Crippen LogP contribution is -2.45. The minimum atomic E-state index is -3.80. The van der Waals surface area contributed by atoms with Gasteiger partial charge in [0, 0.05) is 17.8 Å². The van der Waals surface area contributed by atoms with Gasteiger partial charge >= 0.3 is 0 Å². The van der Waals surface area contributed by atoms with Crippen LogP contribution in [0, 0.1) is 0 Å². The van der Waals surface area contributed by atoms with E-state index in [1.807, 2.05) is 6.07 Å². The van der Waals surface area contributed by atoms with Crippen LogP contribution in [0.1, 0.15) is 12.5 Å². The van der Waals surface area contributed by atoms with Crippen LogP contribution >= 0.6 is 23.2 Å². The van der Waals surface area contributed by atoms with Gasteiger partial charge in [-0.25, -0.2) is 8.42 Å². The quantitative estimate of drug-likeness (QED) is 0.721. The lowest BCUT2D eigenvalue weighted by molar-refractivity contribution is -0.116. The van der Waals surface area contributed by atoms with E-state index < -0.39 is 22.0 Å². The van der Waals surface area contributed by atoms with E-state index in [2.05, 4.69) is 5.32 Å². The minimum absolute atomic E-state index is 0.141. The number of amides is 1. The van der Waals surface area contributed by atoms with E-state index >= 15 is 0 Å². The summed E-state index contributed by atoms with van der Waals surface area (Å²) in [7, 11) is -2.23. The minimum Gasteiger partial charge on any atom is -0.380 e. The molecule has 0 unspecified atom stereocenters. The van der Waals surface area contributed by atoms with E-state index in [-0.39, 0.29) is 10.7 Å². The van der Waals surface area contributed by atoms with Gasteiger partial charge in [0.05, 0.1) is 23.6 Å². The van der Waals surface area contributed by atoms with Crippen LogP contribution in [0.3, 0.4) is 0 Å². The van der Waals surface area contributed by atoms with Crippen molar-refractivity contribution in [1.82, 2.24) is 0 Å². The van der Waals surface area contributed by atoms with Crippen molar-refractivity contribution in [2.24, 2.45) is 0 Å². The Kier molecular flexibility index (Phi) is 7.11. The Bertz CT molecular complexity index is 935. The smallest absolute Gasteiger partial charge is 0.247 e. The number of hydrogen-bond acceptors (Lipinski definition) is 4. The second-order valence-corrected chi connectivity index (χ2v) is 8.66. The third-order valence-corrected chi connectivity index (χ3v) is 5.52. The zero-order valence-electron chi connectivity index (χ0n) is 15.1. The predicted molar refractivity (Wildman–Crippen MR) is 109 cm³/mol. The van der Waals surface area contributed by atoms with Gasteiger partial charge in [0.1, 0.15) is 6.04 Å². The second kappa shape index (κ2) is 8.93. The molecule has 146 valence electrons. The van der Waals surface area contributed by atoms with Crippen molar-refractivity contribution in [3.8, 4) is 0 Å². The molecule has 0 radical (unpaired) electrons. The number of benzene rings is 2. The molecule has 0 aliphatic rings. The molecule has 27 heavy (non-hydrogen) atoms. The van der Waals surface area contributed by atoms with Gasteiger partial charge in [-0.05, 0) is 42.8 Å². The Morgan fingerprint density at radius 3 is 2.56 bits per heavy atom. The molecule has 6 nitrogen and oxygen atoms in total. The molecule has 2 rings (SSSR count). The third-order valence-electron chi connectivity index (χ3n) is 3.74. The molecule has 2 aromatic carbocycles. The van der Waals surface area contributed by atoms with E-state index in [4.69, 9.17) is 27.9 Å². The Morgan fingerprint density at radius 1 is 1.22 bits per heavy atom. The molecular weight excluding hydrogens is 411 g/mol. The van der Waals surface area contributed by atoms with Crippen molar-refractivity contribution in [2.45, 2.75) is 19.6 Å². The Hall–Kier alpha value is -1.80. The number of nitrogens with one attached hydrogen (secondary N) is 1. The highest BCUT2D eigenvalue weighted by Crippen LogP contribution is 2.32. The van der Waals surface area contributed by atoms with Gasteiger partial charge in [0.15, 0.2) is 0 Å². The summed E-state index contributed by atoms with van der Waals surface area (Å²) in [6.07, 6.45) is 1.01. The zero-order chi connectivity index (χ0) is 20.2. The van der Waals surface area contributed by atoms with Crippen molar-refractivity contribution in [3.63, 3.8) is 0 Å². The molecule has 0 aromatic heterocycles. The molecule has 1 atom stereocenters. The maximum atomic E-state index is 12.7. The molecule has 0 fully saturated rings. The van der Waals surface area contributed by atoms with Crippen LogP contribution in [0.5, 0.6) is 0 Å². The van der Waals surface area contributed by atoms with Crippen LogP contribution in [0.25, 0.3) is 0 Å². The molecule has 0 aliphatic heterocycles. The number of carbonyl (C=O) groups excluding carboxylic acids is 1. The van der Waals surface area contributed by atoms with Gasteiger partial charge < -0.3 is 10.1 Å². The number of anilines is 2. The van der Waals surface area contributed by atoms with Crippen LogP contribution in [0.4, 0.5) is 11.4 Å². The summed E-state index contributed by atoms with van der Waals surface area (Å²) in [6, 6.07) is 10.5. The summed E-state index contributed by atoms with van der Waals surface area (Å²) in [5, 5.41) is 3.20.